The van der Waals surface area contributed by atoms with E-state index in [4.69, 9.17) is 4.43 Å². The number of nitrogens with zero attached hydrogens (tertiary/aromatic N) is 2. The summed E-state index contributed by atoms with van der Waals surface area (Å²) in [5.41, 5.74) is 3.22. The van der Waals surface area contributed by atoms with Gasteiger partial charge in [-0.15, -0.1) is 0 Å². The van der Waals surface area contributed by atoms with Crippen LogP contribution in [0.25, 0.3) is 0 Å². The Morgan fingerprint density at radius 1 is 0.864 bits per heavy atom. The molecular weight excluding hydrogens is 288 g/mol. The summed E-state index contributed by atoms with van der Waals surface area (Å²) in [6, 6.07) is 8.80. The molecule has 0 amide bonds. The first-order valence-electron chi connectivity index (χ1n) is 8.36. The van der Waals surface area contributed by atoms with E-state index < -0.39 is 9.36 Å². The number of para-hydroxylation sites is 2. The van der Waals surface area contributed by atoms with Gasteiger partial charge in [-0.3, -0.25) is 0 Å². The molecule has 0 radical (unpaired) electrons. The molecule has 2 rings (SSSR count). The second-order valence-electron chi connectivity index (χ2n) is 8.65. The third-order valence-corrected chi connectivity index (χ3v) is 6.26. The van der Waals surface area contributed by atoms with Crippen molar-refractivity contribution in [3.05, 3.63) is 24.3 Å². The van der Waals surface area contributed by atoms with Crippen molar-refractivity contribution in [3.8, 4) is 0 Å². The van der Waals surface area contributed by atoms with Crippen LogP contribution >= 0.6 is 0 Å². The number of fused-ring (bicyclic) bond motifs is 1. The molecule has 1 aromatic carbocycles. The quantitative estimate of drug-likeness (QED) is 0.775. The predicted molar refractivity (Wildman–Crippen MR) is 98.8 cm³/mol. The van der Waals surface area contributed by atoms with Crippen molar-refractivity contribution in [2.75, 3.05) is 28.8 Å². The summed E-state index contributed by atoms with van der Waals surface area (Å²) in [6.45, 7) is 18.8. The summed E-state index contributed by atoms with van der Waals surface area (Å²) in [7, 11) is -1.63. The smallest absolute Gasteiger partial charge is 0.386 e. The van der Waals surface area contributed by atoms with Crippen molar-refractivity contribution < 1.29 is 4.43 Å². The maximum Gasteiger partial charge on any atom is 0.402 e. The fraction of sp³-hybridized carbons (Fsp3) is 0.667. The lowest BCUT2D eigenvalue weighted by atomic mass is 9.96. The maximum absolute atomic E-state index is 6.29. The highest BCUT2D eigenvalue weighted by Crippen LogP contribution is 2.41. The number of hydrogen-bond donors (Lipinski definition) is 0. The number of hydrogen-bond acceptors (Lipinski definition) is 3. The Bertz CT molecular complexity index is 462. The maximum atomic E-state index is 6.29. The molecule has 1 heterocycles. The third-order valence-electron chi connectivity index (χ3n) is 3.64. The fourth-order valence-corrected chi connectivity index (χ4v) is 6.35. The summed E-state index contributed by atoms with van der Waals surface area (Å²) in [5.74, 6) is 0. The summed E-state index contributed by atoms with van der Waals surface area (Å²) >= 11 is 0. The Hall–Kier alpha value is -1.00. The lowest BCUT2D eigenvalue weighted by molar-refractivity contribution is 0.324. The van der Waals surface area contributed by atoms with E-state index in [0.717, 1.165) is 19.7 Å². The predicted octanol–water partition coefficient (Wildman–Crippen LogP) is 4.16. The van der Waals surface area contributed by atoms with Crippen molar-refractivity contribution in [3.63, 3.8) is 0 Å². The van der Waals surface area contributed by atoms with Crippen LogP contribution in [0.3, 0.4) is 0 Å². The molecule has 0 spiro atoms. The van der Waals surface area contributed by atoms with E-state index in [1.54, 1.807) is 0 Å². The molecule has 0 unspecified atom stereocenters. The van der Waals surface area contributed by atoms with E-state index in [1.807, 2.05) is 0 Å². The third kappa shape index (κ3) is 4.05. The summed E-state index contributed by atoms with van der Waals surface area (Å²) in [6.07, 6.45) is 0. The monoisotopic (exact) mass is 320 g/mol. The van der Waals surface area contributed by atoms with Gasteiger partial charge in [0.15, 0.2) is 0 Å². The van der Waals surface area contributed by atoms with Crippen LogP contribution in [-0.4, -0.2) is 29.1 Å². The van der Waals surface area contributed by atoms with Gasteiger partial charge in [0.1, 0.15) is 0 Å². The highest BCUT2D eigenvalue weighted by Gasteiger charge is 2.41. The van der Waals surface area contributed by atoms with E-state index in [-0.39, 0.29) is 10.8 Å². The molecular formula is C18H32N2OSi. The summed E-state index contributed by atoms with van der Waals surface area (Å²) < 4.78 is 11.4. The van der Waals surface area contributed by atoms with Crippen LogP contribution in [-0.2, 0) is 4.43 Å². The van der Waals surface area contributed by atoms with E-state index >= 15 is 0 Å². The number of benzene rings is 1. The van der Waals surface area contributed by atoms with E-state index in [0.29, 0.717) is 0 Å². The molecule has 0 N–H and O–H groups in total. The zero-order chi connectivity index (χ0) is 16.5. The molecule has 4 heteroatoms. The highest BCUT2D eigenvalue weighted by molar-refractivity contribution is 6.64. The minimum atomic E-state index is -1.63. The van der Waals surface area contributed by atoms with Gasteiger partial charge < -0.3 is 13.6 Å². The lowest BCUT2D eigenvalue weighted by Crippen LogP contribution is -2.54. The summed E-state index contributed by atoms with van der Waals surface area (Å²) in [5, 5.41) is 0. The molecule has 22 heavy (non-hydrogen) atoms. The highest BCUT2D eigenvalue weighted by atomic mass is 28.3. The molecule has 1 aliphatic rings. The SMILES string of the molecule is CCO[SiH]1N(CC(C)(C)C)c2ccccc2N1CC(C)(C)C. The molecule has 1 aromatic rings. The average molecular weight is 321 g/mol. The van der Waals surface area contributed by atoms with Crippen LogP contribution in [0.1, 0.15) is 48.5 Å². The van der Waals surface area contributed by atoms with Gasteiger partial charge >= 0.3 is 9.36 Å². The molecule has 0 aromatic heterocycles. The Morgan fingerprint density at radius 2 is 1.27 bits per heavy atom. The van der Waals surface area contributed by atoms with Crippen LogP contribution in [0.15, 0.2) is 24.3 Å². The first-order valence-corrected chi connectivity index (χ1v) is 9.87. The van der Waals surface area contributed by atoms with Crippen molar-refractivity contribution in [1.29, 1.82) is 0 Å². The normalized spacial score (nSPS) is 16.3. The Kier molecular flexibility index (Phi) is 4.92. The fourth-order valence-electron chi connectivity index (χ4n) is 3.03. The topological polar surface area (TPSA) is 15.7 Å². The van der Waals surface area contributed by atoms with E-state index in [1.165, 1.54) is 11.4 Å². The minimum absolute atomic E-state index is 0.257. The van der Waals surface area contributed by atoms with Crippen molar-refractivity contribution in [1.82, 2.24) is 0 Å². The van der Waals surface area contributed by atoms with Gasteiger partial charge in [-0.25, -0.2) is 0 Å². The zero-order valence-corrected chi connectivity index (χ0v) is 16.5. The molecule has 0 atom stereocenters. The molecule has 124 valence electrons. The largest absolute Gasteiger partial charge is 0.402 e. The summed E-state index contributed by atoms with van der Waals surface area (Å²) in [4.78, 5) is 0. The molecule has 0 aliphatic carbocycles. The first kappa shape index (κ1) is 17.4. The van der Waals surface area contributed by atoms with Crippen molar-refractivity contribution in [2.45, 2.75) is 48.5 Å². The molecule has 0 bridgehead atoms. The first-order chi connectivity index (χ1) is 10.1. The van der Waals surface area contributed by atoms with Gasteiger partial charge in [-0.05, 0) is 29.9 Å². The zero-order valence-electron chi connectivity index (χ0n) is 15.3. The van der Waals surface area contributed by atoms with Crippen LogP contribution in [0.5, 0.6) is 0 Å². The minimum Gasteiger partial charge on any atom is -0.386 e. The number of anilines is 2. The van der Waals surface area contributed by atoms with Gasteiger partial charge in [-0.2, -0.15) is 0 Å². The standard InChI is InChI=1S/C18H32N2OSi/c1-8-21-22-19(13-17(2,3)4)15-11-9-10-12-16(15)20(22)14-18(5,6)7/h9-12,22H,8,13-14H2,1-7H3. The molecule has 1 aliphatic heterocycles. The van der Waals surface area contributed by atoms with E-state index in [9.17, 15) is 0 Å². The van der Waals surface area contributed by atoms with Gasteiger partial charge in [-0.1, -0.05) is 53.7 Å². The molecule has 0 saturated carbocycles. The Balaban J connectivity index is 2.40. The number of rotatable bonds is 4. The van der Waals surface area contributed by atoms with Crippen LogP contribution < -0.4 is 9.13 Å². The van der Waals surface area contributed by atoms with Gasteiger partial charge in [0.05, 0.1) is 11.4 Å². The van der Waals surface area contributed by atoms with Crippen LogP contribution in [0.2, 0.25) is 0 Å². The van der Waals surface area contributed by atoms with Gasteiger partial charge in [0, 0.05) is 19.7 Å². The molecule has 0 fully saturated rings. The average Bonchev–Trinajstić information content (AvgIpc) is 2.62. The van der Waals surface area contributed by atoms with Crippen LogP contribution in [0.4, 0.5) is 11.4 Å². The Morgan fingerprint density at radius 3 is 1.59 bits per heavy atom. The molecule has 0 saturated heterocycles. The van der Waals surface area contributed by atoms with Crippen molar-refractivity contribution >= 4 is 20.7 Å². The Labute approximate surface area is 138 Å². The van der Waals surface area contributed by atoms with Gasteiger partial charge in [0.2, 0.25) is 0 Å². The lowest BCUT2D eigenvalue weighted by Gasteiger charge is -2.36. The van der Waals surface area contributed by atoms with E-state index in [2.05, 4.69) is 81.9 Å². The molecule has 3 nitrogen and oxygen atoms in total. The van der Waals surface area contributed by atoms with Crippen molar-refractivity contribution in [2.24, 2.45) is 10.8 Å². The second kappa shape index (κ2) is 6.24. The second-order valence-corrected chi connectivity index (χ2v) is 10.9. The van der Waals surface area contributed by atoms with Gasteiger partial charge in [0.25, 0.3) is 0 Å². The van der Waals surface area contributed by atoms with Crippen LogP contribution in [0, 0.1) is 10.8 Å².